The summed E-state index contributed by atoms with van der Waals surface area (Å²) in [7, 11) is 0. The van der Waals surface area contributed by atoms with E-state index in [0.29, 0.717) is 19.1 Å². The van der Waals surface area contributed by atoms with Gasteiger partial charge < -0.3 is 20.1 Å². The second-order valence-corrected chi connectivity index (χ2v) is 8.10. The van der Waals surface area contributed by atoms with E-state index in [1.165, 1.54) is 5.56 Å². The first-order chi connectivity index (χ1) is 15.6. The molecule has 0 unspecified atom stereocenters. The van der Waals surface area contributed by atoms with Gasteiger partial charge in [0.1, 0.15) is 11.5 Å². The summed E-state index contributed by atoms with van der Waals surface area (Å²) in [6.07, 6.45) is 1.94. The summed E-state index contributed by atoms with van der Waals surface area (Å²) in [5.41, 5.74) is 2.90. The third kappa shape index (κ3) is 8.34. The van der Waals surface area contributed by atoms with E-state index in [1.54, 1.807) is 0 Å². The van der Waals surface area contributed by atoms with Crippen molar-refractivity contribution in [2.75, 3.05) is 30.4 Å². The molecule has 3 aromatic carbocycles. The number of carbonyl (C=O) groups excluding carboxylic acids is 1. The van der Waals surface area contributed by atoms with E-state index in [-0.39, 0.29) is 12.5 Å². The minimum atomic E-state index is -0.116. The van der Waals surface area contributed by atoms with E-state index < -0.39 is 0 Å². The van der Waals surface area contributed by atoms with Crippen molar-refractivity contribution in [3.8, 4) is 11.5 Å². The molecule has 0 spiro atoms. The standard InChI is InChI=1S/C27H32N2O3/c1-21(2)20-32-25-15-13-23(14-16-25)29-27(30)19-28-24-11-6-12-26(18-24)31-17-7-10-22-8-4-3-5-9-22/h3-6,8-9,11-16,18,21,28H,7,10,17,19-20H2,1-2H3,(H,29,30). The molecule has 0 bridgehead atoms. The number of benzene rings is 3. The first-order valence-electron chi connectivity index (χ1n) is 11.1. The van der Waals surface area contributed by atoms with Gasteiger partial charge >= 0.3 is 0 Å². The molecule has 0 saturated carbocycles. The lowest BCUT2D eigenvalue weighted by Crippen LogP contribution is -2.21. The van der Waals surface area contributed by atoms with Crippen molar-refractivity contribution in [2.24, 2.45) is 5.92 Å². The minimum absolute atomic E-state index is 0.116. The third-order valence-corrected chi connectivity index (χ3v) is 4.73. The van der Waals surface area contributed by atoms with Gasteiger partial charge in [0, 0.05) is 17.4 Å². The van der Waals surface area contributed by atoms with E-state index in [9.17, 15) is 4.79 Å². The summed E-state index contributed by atoms with van der Waals surface area (Å²) in [5, 5.41) is 6.04. The molecule has 0 atom stereocenters. The van der Waals surface area contributed by atoms with Gasteiger partial charge in [0.15, 0.2) is 0 Å². The lowest BCUT2D eigenvalue weighted by Gasteiger charge is -2.11. The third-order valence-electron chi connectivity index (χ3n) is 4.73. The first-order valence-corrected chi connectivity index (χ1v) is 11.1. The molecule has 0 heterocycles. The van der Waals surface area contributed by atoms with Crippen LogP contribution in [0, 0.1) is 5.92 Å². The van der Waals surface area contributed by atoms with Gasteiger partial charge in [-0.25, -0.2) is 0 Å². The van der Waals surface area contributed by atoms with Crippen molar-refractivity contribution in [3.63, 3.8) is 0 Å². The van der Waals surface area contributed by atoms with Gasteiger partial charge in [-0.2, -0.15) is 0 Å². The highest BCUT2D eigenvalue weighted by Crippen LogP contribution is 2.19. The molecule has 0 radical (unpaired) electrons. The largest absolute Gasteiger partial charge is 0.494 e. The molecule has 3 aromatic rings. The topological polar surface area (TPSA) is 59.6 Å². The van der Waals surface area contributed by atoms with Crippen LogP contribution in [0.25, 0.3) is 0 Å². The van der Waals surface area contributed by atoms with Crippen molar-refractivity contribution in [1.29, 1.82) is 0 Å². The number of rotatable bonds is 12. The number of carbonyl (C=O) groups is 1. The Labute approximate surface area is 190 Å². The highest BCUT2D eigenvalue weighted by molar-refractivity contribution is 5.93. The summed E-state index contributed by atoms with van der Waals surface area (Å²) in [6, 6.07) is 25.5. The normalized spacial score (nSPS) is 10.6. The van der Waals surface area contributed by atoms with Gasteiger partial charge in [-0.15, -0.1) is 0 Å². The zero-order chi connectivity index (χ0) is 22.6. The summed E-state index contributed by atoms with van der Waals surface area (Å²) in [5.74, 6) is 1.95. The monoisotopic (exact) mass is 432 g/mol. The smallest absolute Gasteiger partial charge is 0.243 e. The Hall–Kier alpha value is -3.47. The van der Waals surface area contributed by atoms with Gasteiger partial charge in [-0.05, 0) is 60.7 Å². The highest BCUT2D eigenvalue weighted by atomic mass is 16.5. The number of hydrogen-bond donors (Lipinski definition) is 2. The van der Waals surface area contributed by atoms with Crippen molar-refractivity contribution < 1.29 is 14.3 Å². The van der Waals surface area contributed by atoms with E-state index in [0.717, 1.165) is 35.7 Å². The molecule has 0 aliphatic carbocycles. The number of nitrogens with one attached hydrogen (secondary N) is 2. The Morgan fingerprint density at radius 1 is 0.844 bits per heavy atom. The zero-order valence-electron chi connectivity index (χ0n) is 18.8. The first kappa shape index (κ1) is 23.2. The second-order valence-electron chi connectivity index (χ2n) is 8.10. The van der Waals surface area contributed by atoms with E-state index >= 15 is 0 Å². The fourth-order valence-electron chi connectivity index (χ4n) is 3.09. The molecule has 0 aliphatic heterocycles. The maximum Gasteiger partial charge on any atom is 0.243 e. The molecular weight excluding hydrogens is 400 g/mol. The molecule has 2 N–H and O–H groups in total. The van der Waals surface area contributed by atoms with Crippen molar-refractivity contribution in [3.05, 3.63) is 84.4 Å². The summed E-state index contributed by atoms with van der Waals surface area (Å²) < 4.78 is 11.5. The molecular formula is C27H32N2O3. The Kier molecular flexibility index (Phi) is 8.99. The number of aryl methyl sites for hydroxylation is 1. The van der Waals surface area contributed by atoms with Gasteiger partial charge in [-0.1, -0.05) is 50.2 Å². The van der Waals surface area contributed by atoms with Gasteiger partial charge in [0.2, 0.25) is 5.91 Å². The maximum absolute atomic E-state index is 12.3. The summed E-state index contributed by atoms with van der Waals surface area (Å²) >= 11 is 0. The Bertz CT molecular complexity index is 956. The summed E-state index contributed by atoms with van der Waals surface area (Å²) in [6.45, 7) is 5.70. The maximum atomic E-state index is 12.3. The number of anilines is 2. The average Bonchev–Trinajstić information content (AvgIpc) is 2.81. The van der Waals surface area contributed by atoms with E-state index in [1.807, 2.05) is 54.6 Å². The van der Waals surface area contributed by atoms with Crippen molar-refractivity contribution >= 4 is 17.3 Å². The zero-order valence-corrected chi connectivity index (χ0v) is 18.8. The quantitative estimate of drug-likeness (QED) is 0.356. The molecule has 0 aliphatic rings. The van der Waals surface area contributed by atoms with Crippen LogP contribution in [-0.4, -0.2) is 25.7 Å². The molecule has 0 saturated heterocycles. The van der Waals surface area contributed by atoms with E-state index in [2.05, 4.69) is 48.7 Å². The van der Waals surface area contributed by atoms with Crippen LogP contribution in [0.4, 0.5) is 11.4 Å². The second kappa shape index (κ2) is 12.4. The van der Waals surface area contributed by atoms with Crippen molar-refractivity contribution in [1.82, 2.24) is 0 Å². The minimum Gasteiger partial charge on any atom is -0.494 e. The molecule has 0 aromatic heterocycles. The van der Waals surface area contributed by atoms with Gasteiger partial charge in [0.25, 0.3) is 0 Å². The van der Waals surface area contributed by atoms with Crippen LogP contribution in [0.1, 0.15) is 25.8 Å². The lowest BCUT2D eigenvalue weighted by molar-refractivity contribution is -0.114. The fourth-order valence-corrected chi connectivity index (χ4v) is 3.09. The molecule has 5 nitrogen and oxygen atoms in total. The number of amides is 1. The van der Waals surface area contributed by atoms with Crippen LogP contribution in [0.2, 0.25) is 0 Å². The van der Waals surface area contributed by atoms with Crippen LogP contribution >= 0.6 is 0 Å². The predicted molar refractivity (Wildman–Crippen MR) is 131 cm³/mol. The molecule has 3 rings (SSSR count). The highest BCUT2D eigenvalue weighted by Gasteiger charge is 2.04. The molecule has 168 valence electrons. The predicted octanol–water partition coefficient (Wildman–Crippen LogP) is 5.78. The Morgan fingerprint density at radius 2 is 1.62 bits per heavy atom. The van der Waals surface area contributed by atoms with E-state index in [4.69, 9.17) is 9.47 Å². The van der Waals surface area contributed by atoms with Crippen LogP contribution in [-0.2, 0) is 11.2 Å². The molecule has 0 fully saturated rings. The molecule has 1 amide bonds. The van der Waals surface area contributed by atoms with Crippen LogP contribution < -0.4 is 20.1 Å². The Balaban J connectivity index is 1.39. The summed E-state index contributed by atoms with van der Waals surface area (Å²) in [4.78, 5) is 12.3. The van der Waals surface area contributed by atoms with Crippen molar-refractivity contribution in [2.45, 2.75) is 26.7 Å². The molecule has 32 heavy (non-hydrogen) atoms. The SMILES string of the molecule is CC(C)COc1ccc(NC(=O)CNc2cccc(OCCCc3ccccc3)c2)cc1. The Morgan fingerprint density at radius 3 is 2.38 bits per heavy atom. The lowest BCUT2D eigenvalue weighted by atomic mass is 10.1. The van der Waals surface area contributed by atoms with Gasteiger partial charge in [-0.3, -0.25) is 4.79 Å². The fraction of sp³-hybridized carbons (Fsp3) is 0.296. The van der Waals surface area contributed by atoms with Crippen LogP contribution in [0.5, 0.6) is 11.5 Å². The number of ether oxygens (including phenoxy) is 2. The average molecular weight is 433 g/mol. The van der Waals surface area contributed by atoms with Crippen LogP contribution in [0.15, 0.2) is 78.9 Å². The van der Waals surface area contributed by atoms with Crippen LogP contribution in [0.3, 0.4) is 0 Å². The van der Waals surface area contributed by atoms with Gasteiger partial charge in [0.05, 0.1) is 19.8 Å². The number of hydrogen-bond acceptors (Lipinski definition) is 4. The molecule has 5 heteroatoms.